The van der Waals surface area contributed by atoms with E-state index >= 15 is 0 Å². The Kier molecular flexibility index (Phi) is 4.05. The van der Waals surface area contributed by atoms with Crippen LogP contribution in [0.15, 0.2) is 49.2 Å². The average Bonchev–Trinajstić information content (AvgIpc) is 2.99. The number of hydrogen-bond acceptors (Lipinski definition) is 4. The van der Waals surface area contributed by atoms with Crippen LogP contribution in [0.25, 0.3) is 10.9 Å². The molecule has 22 heavy (non-hydrogen) atoms. The summed E-state index contributed by atoms with van der Waals surface area (Å²) in [4.78, 5) is 34.9. The van der Waals surface area contributed by atoms with Crippen molar-refractivity contribution in [1.29, 1.82) is 0 Å². The molecule has 0 spiro atoms. The monoisotopic (exact) mass is 293 g/mol. The molecule has 5 nitrogen and oxygen atoms in total. The molecular formula is C17H15N3O2. The Morgan fingerprint density at radius 2 is 1.73 bits per heavy atom. The maximum Gasteiger partial charge on any atom is 0.165 e. The van der Waals surface area contributed by atoms with Gasteiger partial charge in [-0.15, -0.1) is 0 Å². The van der Waals surface area contributed by atoms with E-state index in [4.69, 9.17) is 0 Å². The van der Waals surface area contributed by atoms with Gasteiger partial charge in [-0.25, -0.2) is 9.97 Å². The van der Waals surface area contributed by atoms with Gasteiger partial charge >= 0.3 is 0 Å². The second-order valence-corrected chi connectivity index (χ2v) is 5.07. The first-order valence-electron chi connectivity index (χ1n) is 7.13. The fraction of sp³-hybridized carbons (Fsp3) is 0.176. The molecule has 0 fully saturated rings. The van der Waals surface area contributed by atoms with Gasteiger partial charge in [0, 0.05) is 47.9 Å². The predicted molar refractivity (Wildman–Crippen MR) is 82.8 cm³/mol. The fourth-order valence-corrected chi connectivity index (χ4v) is 2.43. The molecule has 3 aromatic rings. The molecule has 0 saturated carbocycles. The van der Waals surface area contributed by atoms with E-state index in [0.29, 0.717) is 30.4 Å². The van der Waals surface area contributed by atoms with Gasteiger partial charge in [-0.05, 0) is 12.5 Å². The van der Waals surface area contributed by atoms with Gasteiger partial charge in [0.1, 0.15) is 6.33 Å². The van der Waals surface area contributed by atoms with Crippen molar-refractivity contribution < 1.29 is 9.59 Å². The average molecular weight is 293 g/mol. The van der Waals surface area contributed by atoms with E-state index in [1.54, 1.807) is 6.20 Å². The topological polar surface area (TPSA) is 75.7 Å². The minimum absolute atomic E-state index is 0.0349. The van der Waals surface area contributed by atoms with Crippen molar-refractivity contribution >= 4 is 22.5 Å². The van der Waals surface area contributed by atoms with E-state index in [0.717, 1.165) is 10.9 Å². The third-order valence-corrected chi connectivity index (χ3v) is 3.58. The number of H-pyrrole nitrogens is 1. The molecule has 0 atom stereocenters. The van der Waals surface area contributed by atoms with Gasteiger partial charge in [-0.2, -0.15) is 0 Å². The van der Waals surface area contributed by atoms with Crippen LogP contribution in [0.3, 0.4) is 0 Å². The van der Waals surface area contributed by atoms with Crippen LogP contribution in [0.2, 0.25) is 0 Å². The zero-order chi connectivity index (χ0) is 15.4. The molecule has 1 N–H and O–H groups in total. The Labute approximate surface area is 127 Å². The number of aromatic amines is 1. The highest BCUT2D eigenvalue weighted by Gasteiger charge is 2.13. The summed E-state index contributed by atoms with van der Waals surface area (Å²) < 4.78 is 0. The number of ketones is 2. The van der Waals surface area contributed by atoms with Crippen molar-refractivity contribution in [2.24, 2.45) is 0 Å². The lowest BCUT2D eigenvalue weighted by molar-refractivity contribution is 0.0957. The summed E-state index contributed by atoms with van der Waals surface area (Å²) in [6.45, 7) is 0. The molecule has 0 unspecified atom stereocenters. The molecule has 0 radical (unpaired) electrons. The minimum Gasteiger partial charge on any atom is -0.360 e. The van der Waals surface area contributed by atoms with Crippen molar-refractivity contribution in [3.05, 3.63) is 60.3 Å². The van der Waals surface area contributed by atoms with Gasteiger partial charge in [0.15, 0.2) is 11.6 Å². The number of carbonyl (C=O) groups is 2. The van der Waals surface area contributed by atoms with E-state index in [-0.39, 0.29) is 11.6 Å². The first-order chi connectivity index (χ1) is 10.8. The van der Waals surface area contributed by atoms with Gasteiger partial charge in [-0.3, -0.25) is 9.59 Å². The molecular weight excluding hydrogens is 278 g/mol. The minimum atomic E-state index is -0.0349. The summed E-state index contributed by atoms with van der Waals surface area (Å²) in [5.41, 5.74) is 2.12. The molecule has 0 aliphatic carbocycles. The van der Waals surface area contributed by atoms with Gasteiger partial charge < -0.3 is 4.98 Å². The molecule has 0 bridgehead atoms. The highest BCUT2D eigenvalue weighted by atomic mass is 16.1. The van der Waals surface area contributed by atoms with Gasteiger partial charge in [-0.1, -0.05) is 18.2 Å². The maximum atomic E-state index is 12.3. The Morgan fingerprint density at radius 3 is 2.55 bits per heavy atom. The van der Waals surface area contributed by atoms with E-state index in [2.05, 4.69) is 15.0 Å². The Balaban J connectivity index is 1.60. The third-order valence-electron chi connectivity index (χ3n) is 3.58. The second-order valence-electron chi connectivity index (χ2n) is 5.07. The van der Waals surface area contributed by atoms with Crippen molar-refractivity contribution in [1.82, 2.24) is 15.0 Å². The third kappa shape index (κ3) is 2.93. The highest BCUT2D eigenvalue weighted by Crippen LogP contribution is 2.20. The SMILES string of the molecule is O=C(CCCC(=O)c1c[nH]c2ccccc12)c1cncnc1. The molecule has 1 aromatic carbocycles. The van der Waals surface area contributed by atoms with Gasteiger partial charge in [0.25, 0.3) is 0 Å². The molecule has 5 heteroatoms. The Morgan fingerprint density at radius 1 is 1.00 bits per heavy atom. The van der Waals surface area contributed by atoms with Crippen molar-refractivity contribution in [3.63, 3.8) is 0 Å². The number of rotatable bonds is 6. The van der Waals surface area contributed by atoms with Crippen LogP contribution >= 0.6 is 0 Å². The number of Topliss-reactive ketones (excluding diaryl/α,β-unsaturated/α-hetero) is 2. The van der Waals surface area contributed by atoms with E-state index in [1.807, 2.05) is 24.3 Å². The number of hydrogen-bond donors (Lipinski definition) is 1. The van der Waals surface area contributed by atoms with Crippen molar-refractivity contribution in [3.8, 4) is 0 Å². The van der Waals surface area contributed by atoms with Crippen LogP contribution in [0, 0.1) is 0 Å². The lowest BCUT2D eigenvalue weighted by Crippen LogP contribution is -2.03. The molecule has 0 amide bonds. The number of fused-ring (bicyclic) bond motifs is 1. The molecule has 2 heterocycles. The molecule has 110 valence electrons. The first-order valence-corrected chi connectivity index (χ1v) is 7.13. The maximum absolute atomic E-state index is 12.3. The number of nitrogens with zero attached hydrogens (tertiary/aromatic N) is 2. The van der Waals surface area contributed by atoms with Crippen LogP contribution in [0.5, 0.6) is 0 Å². The Hall–Kier alpha value is -2.82. The lowest BCUT2D eigenvalue weighted by atomic mass is 10.0. The number of carbonyl (C=O) groups excluding carboxylic acids is 2. The van der Waals surface area contributed by atoms with Crippen LogP contribution in [-0.4, -0.2) is 26.5 Å². The Bertz CT molecular complexity index is 809. The fourth-order valence-electron chi connectivity index (χ4n) is 2.43. The van der Waals surface area contributed by atoms with Crippen LogP contribution in [0.1, 0.15) is 40.0 Å². The summed E-state index contributed by atoms with van der Waals surface area (Å²) in [6, 6.07) is 7.69. The summed E-state index contributed by atoms with van der Waals surface area (Å²) >= 11 is 0. The normalized spacial score (nSPS) is 10.7. The largest absolute Gasteiger partial charge is 0.360 e. The molecule has 0 saturated heterocycles. The summed E-state index contributed by atoms with van der Waals surface area (Å²) in [5.74, 6) is 0.0156. The lowest BCUT2D eigenvalue weighted by Gasteiger charge is -2.01. The predicted octanol–water partition coefficient (Wildman–Crippen LogP) is 3.19. The summed E-state index contributed by atoms with van der Waals surface area (Å²) in [6.07, 6.45) is 7.31. The number of para-hydroxylation sites is 1. The van der Waals surface area contributed by atoms with Crippen molar-refractivity contribution in [2.75, 3.05) is 0 Å². The zero-order valence-electron chi connectivity index (χ0n) is 12.0. The van der Waals surface area contributed by atoms with Gasteiger partial charge in [0.05, 0.1) is 5.56 Å². The smallest absolute Gasteiger partial charge is 0.165 e. The van der Waals surface area contributed by atoms with E-state index in [1.165, 1.54) is 18.7 Å². The number of aromatic nitrogens is 3. The van der Waals surface area contributed by atoms with Crippen LogP contribution < -0.4 is 0 Å². The standard InChI is InChI=1S/C17H15N3O2/c21-16(12-8-18-11-19-9-12)6-3-7-17(22)14-10-20-15-5-2-1-4-13(14)15/h1-2,4-5,8-11,20H,3,6-7H2. The summed E-state index contributed by atoms with van der Waals surface area (Å²) in [7, 11) is 0. The van der Waals surface area contributed by atoms with Crippen LogP contribution in [0.4, 0.5) is 0 Å². The molecule has 3 rings (SSSR count). The quantitative estimate of drug-likeness (QED) is 0.708. The second kappa shape index (κ2) is 6.30. The van der Waals surface area contributed by atoms with Crippen LogP contribution in [-0.2, 0) is 0 Å². The number of nitrogens with one attached hydrogen (secondary N) is 1. The highest BCUT2D eigenvalue weighted by molar-refractivity contribution is 6.08. The number of benzene rings is 1. The van der Waals surface area contributed by atoms with E-state index in [9.17, 15) is 9.59 Å². The molecule has 0 aliphatic rings. The molecule has 2 aromatic heterocycles. The first kappa shape index (κ1) is 14.1. The summed E-state index contributed by atoms with van der Waals surface area (Å²) in [5, 5.41) is 0.926. The van der Waals surface area contributed by atoms with Crippen molar-refractivity contribution in [2.45, 2.75) is 19.3 Å². The van der Waals surface area contributed by atoms with Gasteiger partial charge in [0.2, 0.25) is 0 Å². The zero-order valence-corrected chi connectivity index (χ0v) is 12.0. The molecule has 0 aliphatic heterocycles. The van der Waals surface area contributed by atoms with E-state index < -0.39 is 0 Å².